The highest BCUT2D eigenvalue weighted by atomic mass is 16.6. The van der Waals surface area contributed by atoms with E-state index in [1.54, 1.807) is 38.1 Å². The number of hydrogen-bond acceptors (Lipinski definition) is 6. The van der Waals surface area contributed by atoms with Crippen molar-refractivity contribution in [2.24, 2.45) is 0 Å². The van der Waals surface area contributed by atoms with Gasteiger partial charge in [-0.3, -0.25) is 10.1 Å². The average Bonchev–Trinajstić information content (AvgIpc) is 2.54. The Morgan fingerprint density at radius 1 is 1.04 bits per heavy atom. The quantitative estimate of drug-likeness (QED) is 0.753. The molecule has 0 aliphatic carbocycles. The number of benzene rings is 1. The van der Waals surface area contributed by atoms with Crippen LogP contribution in [0.15, 0.2) is 24.3 Å². The minimum absolute atomic E-state index is 0.133. The van der Waals surface area contributed by atoms with E-state index in [1.165, 1.54) is 13.8 Å². The molecule has 0 aliphatic rings. The topological polar surface area (TPSA) is 118 Å². The summed E-state index contributed by atoms with van der Waals surface area (Å²) in [6, 6.07) is 7.38. The minimum atomic E-state index is -1.16. The second kappa shape index (κ2) is 9.27. The molecule has 0 bridgehead atoms. The molecule has 0 saturated heterocycles. The van der Waals surface area contributed by atoms with E-state index in [9.17, 15) is 14.4 Å². The Balaban J connectivity index is 2.51. The molecule has 2 N–H and O–H groups in total. The standard InChI is InChI=1S/C17H21N3O5/c1-10(2)19-17(23)20-15(21)11(3)25-16(22)12(4)24-14-7-5-13(9-18)6-8-14/h5-8,10-12H,1-4H3,(H2,19,20,21,23)/t11-,12+/m0/s1. The normalized spacial score (nSPS) is 12.5. The molecule has 134 valence electrons. The van der Waals surface area contributed by atoms with Gasteiger partial charge in [-0.15, -0.1) is 0 Å². The number of carbonyl (C=O) groups is 3. The summed E-state index contributed by atoms with van der Waals surface area (Å²) in [6.07, 6.45) is -2.12. The molecule has 2 atom stereocenters. The zero-order valence-corrected chi connectivity index (χ0v) is 14.5. The van der Waals surface area contributed by atoms with Crippen LogP contribution >= 0.6 is 0 Å². The first-order valence-electron chi connectivity index (χ1n) is 7.71. The zero-order valence-electron chi connectivity index (χ0n) is 14.5. The van der Waals surface area contributed by atoms with E-state index in [0.29, 0.717) is 11.3 Å². The van der Waals surface area contributed by atoms with Crippen LogP contribution in [-0.4, -0.2) is 36.2 Å². The van der Waals surface area contributed by atoms with Gasteiger partial charge in [-0.05, 0) is 52.0 Å². The summed E-state index contributed by atoms with van der Waals surface area (Å²) < 4.78 is 10.4. The lowest BCUT2D eigenvalue weighted by atomic mass is 10.2. The van der Waals surface area contributed by atoms with Crippen molar-refractivity contribution in [1.29, 1.82) is 5.26 Å². The van der Waals surface area contributed by atoms with Crippen molar-refractivity contribution in [2.75, 3.05) is 0 Å². The number of nitrogens with zero attached hydrogens (tertiary/aromatic N) is 1. The Labute approximate surface area is 146 Å². The highest BCUT2D eigenvalue weighted by molar-refractivity contribution is 5.97. The Morgan fingerprint density at radius 3 is 2.16 bits per heavy atom. The first kappa shape index (κ1) is 20.0. The molecule has 0 aliphatic heterocycles. The Kier molecular flexibility index (Phi) is 7.41. The van der Waals surface area contributed by atoms with Crippen molar-refractivity contribution in [3.05, 3.63) is 29.8 Å². The van der Waals surface area contributed by atoms with Crippen molar-refractivity contribution in [3.63, 3.8) is 0 Å². The highest BCUT2D eigenvalue weighted by Gasteiger charge is 2.24. The summed E-state index contributed by atoms with van der Waals surface area (Å²) in [7, 11) is 0. The lowest BCUT2D eigenvalue weighted by Crippen LogP contribution is -2.47. The molecular formula is C17H21N3O5. The smallest absolute Gasteiger partial charge is 0.347 e. The fourth-order valence-corrected chi connectivity index (χ4v) is 1.70. The number of imide groups is 1. The summed E-state index contributed by atoms with van der Waals surface area (Å²) in [6.45, 7) is 6.31. The molecule has 0 aromatic heterocycles. The molecular weight excluding hydrogens is 326 g/mol. The predicted octanol–water partition coefficient (Wildman–Crippen LogP) is 1.49. The number of carbonyl (C=O) groups excluding carboxylic acids is 3. The van der Waals surface area contributed by atoms with Gasteiger partial charge < -0.3 is 14.8 Å². The van der Waals surface area contributed by atoms with Gasteiger partial charge in [0.05, 0.1) is 11.6 Å². The number of urea groups is 1. The first-order valence-corrected chi connectivity index (χ1v) is 7.71. The van der Waals surface area contributed by atoms with Gasteiger partial charge in [0.2, 0.25) is 0 Å². The van der Waals surface area contributed by atoms with Crippen LogP contribution in [0.4, 0.5) is 4.79 Å². The third-order valence-corrected chi connectivity index (χ3v) is 2.95. The molecule has 0 radical (unpaired) electrons. The molecule has 3 amide bonds. The molecule has 1 rings (SSSR count). The first-order chi connectivity index (χ1) is 11.7. The number of nitriles is 1. The van der Waals surface area contributed by atoms with Gasteiger partial charge in [-0.2, -0.15) is 5.26 Å². The van der Waals surface area contributed by atoms with Crippen LogP contribution in [0.25, 0.3) is 0 Å². The summed E-state index contributed by atoms with van der Waals surface area (Å²) >= 11 is 0. The van der Waals surface area contributed by atoms with Crippen molar-refractivity contribution in [3.8, 4) is 11.8 Å². The molecule has 0 heterocycles. The third kappa shape index (κ3) is 6.91. The average molecular weight is 347 g/mol. The second-order valence-electron chi connectivity index (χ2n) is 5.59. The molecule has 0 fully saturated rings. The van der Waals surface area contributed by atoms with E-state index in [4.69, 9.17) is 14.7 Å². The maximum atomic E-state index is 12.0. The summed E-state index contributed by atoms with van der Waals surface area (Å²) in [5.41, 5.74) is 0.465. The number of esters is 1. The van der Waals surface area contributed by atoms with Gasteiger partial charge in [-0.25, -0.2) is 9.59 Å². The van der Waals surface area contributed by atoms with Crippen LogP contribution in [0.1, 0.15) is 33.3 Å². The van der Waals surface area contributed by atoms with E-state index >= 15 is 0 Å². The van der Waals surface area contributed by atoms with Gasteiger partial charge in [0.15, 0.2) is 12.2 Å². The zero-order chi connectivity index (χ0) is 19.0. The van der Waals surface area contributed by atoms with E-state index in [0.717, 1.165) is 0 Å². The molecule has 8 nitrogen and oxygen atoms in total. The fraction of sp³-hybridized carbons (Fsp3) is 0.412. The Hall–Kier alpha value is -3.08. The molecule has 8 heteroatoms. The number of nitrogens with one attached hydrogen (secondary N) is 2. The fourth-order valence-electron chi connectivity index (χ4n) is 1.70. The summed E-state index contributed by atoms with van der Waals surface area (Å²) in [5.74, 6) is -1.11. The SMILES string of the molecule is CC(C)NC(=O)NC(=O)[C@H](C)OC(=O)[C@@H](C)Oc1ccc(C#N)cc1. The van der Waals surface area contributed by atoms with Crippen LogP contribution in [0.3, 0.4) is 0 Å². The number of hydrogen-bond donors (Lipinski definition) is 2. The van der Waals surface area contributed by atoms with Crippen LogP contribution in [-0.2, 0) is 14.3 Å². The number of rotatable bonds is 6. The van der Waals surface area contributed by atoms with Crippen molar-refractivity contribution in [2.45, 2.75) is 45.9 Å². The third-order valence-electron chi connectivity index (χ3n) is 2.95. The maximum Gasteiger partial charge on any atom is 0.347 e. The summed E-state index contributed by atoms with van der Waals surface area (Å²) in [5, 5.41) is 13.3. The maximum absolute atomic E-state index is 12.0. The van der Waals surface area contributed by atoms with Crippen LogP contribution in [0, 0.1) is 11.3 Å². The molecule has 0 unspecified atom stereocenters. The second-order valence-corrected chi connectivity index (χ2v) is 5.59. The van der Waals surface area contributed by atoms with Gasteiger partial charge in [0.1, 0.15) is 5.75 Å². The van der Waals surface area contributed by atoms with Gasteiger partial charge in [0, 0.05) is 6.04 Å². The molecule has 1 aromatic carbocycles. The van der Waals surface area contributed by atoms with E-state index in [1.807, 2.05) is 6.07 Å². The van der Waals surface area contributed by atoms with Crippen LogP contribution in [0.5, 0.6) is 5.75 Å². The van der Waals surface area contributed by atoms with Crippen LogP contribution in [0.2, 0.25) is 0 Å². The Bertz CT molecular complexity index is 664. The van der Waals surface area contributed by atoms with Crippen molar-refractivity contribution < 1.29 is 23.9 Å². The Morgan fingerprint density at radius 2 is 1.64 bits per heavy atom. The lowest BCUT2D eigenvalue weighted by Gasteiger charge is -2.18. The molecule has 1 aromatic rings. The number of ether oxygens (including phenoxy) is 2. The lowest BCUT2D eigenvalue weighted by molar-refractivity contribution is -0.160. The highest BCUT2D eigenvalue weighted by Crippen LogP contribution is 2.14. The monoisotopic (exact) mass is 347 g/mol. The number of amides is 3. The summed E-state index contributed by atoms with van der Waals surface area (Å²) in [4.78, 5) is 35.2. The van der Waals surface area contributed by atoms with Crippen molar-refractivity contribution >= 4 is 17.9 Å². The van der Waals surface area contributed by atoms with E-state index in [-0.39, 0.29) is 6.04 Å². The van der Waals surface area contributed by atoms with Crippen molar-refractivity contribution in [1.82, 2.24) is 10.6 Å². The molecule has 0 spiro atoms. The predicted molar refractivity (Wildman–Crippen MR) is 88.6 cm³/mol. The van der Waals surface area contributed by atoms with E-state index < -0.39 is 30.1 Å². The minimum Gasteiger partial charge on any atom is -0.479 e. The molecule has 0 saturated carbocycles. The van der Waals surface area contributed by atoms with Gasteiger partial charge in [0.25, 0.3) is 5.91 Å². The van der Waals surface area contributed by atoms with Gasteiger partial charge in [-0.1, -0.05) is 0 Å². The van der Waals surface area contributed by atoms with Crippen LogP contribution < -0.4 is 15.4 Å². The largest absolute Gasteiger partial charge is 0.479 e. The molecule has 25 heavy (non-hydrogen) atoms. The van der Waals surface area contributed by atoms with E-state index in [2.05, 4.69) is 10.6 Å². The van der Waals surface area contributed by atoms with Gasteiger partial charge >= 0.3 is 12.0 Å².